The van der Waals surface area contributed by atoms with Crippen molar-refractivity contribution in [3.05, 3.63) is 21.3 Å². The van der Waals surface area contributed by atoms with Crippen LogP contribution in [0.5, 0.6) is 0 Å². The van der Waals surface area contributed by atoms with Crippen LogP contribution in [0.2, 0.25) is 4.34 Å². The van der Waals surface area contributed by atoms with Crippen LogP contribution >= 0.6 is 22.9 Å². The Labute approximate surface area is 88.1 Å². The summed E-state index contributed by atoms with van der Waals surface area (Å²) in [6.07, 6.45) is 6.21. The Kier molecular flexibility index (Phi) is 4.31. The van der Waals surface area contributed by atoms with Crippen molar-refractivity contribution < 1.29 is 0 Å². The van der Waals surface area contributed by atoms with Crippen LogP contribution in [0.4, 0.5) is 0 Å². The van der Waals surface area contributed by atoms with E-state index in [1.165, 1.54) is 4.88 Å². The fraction of sp³-hybridized carbons (Fsp3) is 0.400. The van der Waals surface area contributed by atoms with Crippen LogP contribution in [-0.4, -0.2) is 12.6 Å². The molecule has 1 N–H and O–H groups in total. The van der Waals surface area contributed by atoms with Crippen molar-refractivity contribution in [2.75, 3.05) is 6.54 Å². The average molecular weight is 214 g/mol. The van der Waals surface area contributed by atoms with E-state index < -0.39 is 0 Å². The lowest BCUT2D eigenvalue weighted by Gasteiger charge is -2.05. The fourth-order valence-corrected chi connectivity index (χ4v) is 2.04. The molecule has 13 heavy (non-hydrogen) atoms. The smallest absolute Gasteiger partial charge is 0.0931 e. The zero-order chi connectivity index (χ0) is 9.68. The van der Waals surface area contributed by atoms with Crippen molar-refractivity contribution in [3.8, 4) is 12.3 Å². The van der Waals surface area contributed by atoms with E-state index in [-0.39, 0.29) is 6.04 Å². The van der Waals surface area contributed by atoms with Crippen LogP contribution in [-0.2, 0) is 6.42 Å². The number of hydrogen-bond acceptors (Lipinski definition) is 2. The molecule has 0 amide bonds. The monoisotopic (exact) mass is 213 g/mol. The lowest BCUT2D eigenvalue weighted by molar-refractivity contribution is 0.649. The maximum absolute atomic E-state index is 5.79. The van der Waals surface area contributed by atoms with Gasteiger partial charge in [0.15, 0.2) is 0 Å². The first-order valence-corrected chi connectivity index (χ1v) is 5.35. The van der Waals surface area contributed by atoms with Gasteiger partial charge in [-0.1, -0.05) is 17.5 Å². The molecule has 0 bridgehead atoms. The first-order valence-electron chi connectivity index (χ1n) is 4.16. The lowest BCUT2D eigenvalue weighted by atomic mass is 10.3. The summed E-state index contributed by atoms with van der Waals surface area (Å²) in [5.74, 6) is 2.62. The third kappa shape index (κ3) is 3.82. The molecule has 1 nitrogen and oxygen atoms in total. The molecule has 0 fully saturated rings. The molecule has 0 saturated carbocycles. The largest absolute Gasteiger partial charge is 0.304 e. The molecule has 1 aromatic heterocycles. The van der Waals surface area contributed by atoms with Gasteiger partial charge in [0.1, 0.15) is 0 Å². The maximum Gasteiger partial charge on any atom is 0.0931 e. The minimum absolute atomic E-state index is 0.149. The van der Waals surface area contributed by atoms with E-state index in [2.05, 4.69) is 17.3 Å². The maximum atomic E-state index is 5.79. The quantitative estimate of drug-likeness (QED) is 0.759. The Morgan fingerprint density at radius 1 is 1.69 bits per heavy atom. The van der Waals surface area contributed by atoms with Crippen LogP contribution in [0.3, 0.4) is 0 Å². The van der Waals surface area contributed by atoms with E-state index in [1.807, 2.05) is 13.0 Å². The molecule has 0 spiro atoms. The second kappa shape index (κ2) is 5.29. The zero-order valence-electron chi connectivity index (χ0n) is 7.51. The van der Waals surface area contributed by atoms with Crippen LogP contribution in [0.1, 0.15) is 11.8 Å². The van der Waals surface area contributed by atoms with Crippen molar-refractivity contribution in [2.45, 2.75) is 19.4 Å². The molecular formula is C10H12ClNS. The molecule has 0 saturated heterocycles. The van der Waals surface area contributed by atoms with E-state index in [0.29, 0.717) is 0 Å². The molecule has 3 heteroatoms. The Morgan fingerprint density at radius 2 is 2.46 bits per heavy atom. The summed E-state index contributed by atoms with van der Waals surface area (Å²) >= 11 is 7.42. The summed E-state index contributed by atoms with van der Waals surface area (Å²) in [7, 11) is 0. The zero-order valence-corrected chi connectivity index (χ0v) is 9.08. The third-order valence-corrected chi connectivity index (χ3v) is 2.99. The van der Waals surface area contributed by atoms with Crippen molar-refractivity contribution in [1.29, 1.82) is 0 Å². The Morgan fingerprint density at radius 3 is 3.00 bits per heavy atom. The van der Waals surface area contributed by atoms with E-state index in [4.69, 9.17) is 18.0 Å². The summed E-state index contributed by atoms with van der Waals surface area (Å²) < 4.78 is 0.847. The number of nitrogens with one attached hydrogen (secondary N) is 1. The van der Waals surface area contributed by atoms with Gasteiger partial charge in [0.25, 0.3) is 0 Å². The first-order chi connectivity index (χ1) is 6.22. The molecular weight excluding hydrogens is 202 g/mol. The second-order valence-corrected chi connectivity index (χ2v) is 4.60. The van der Waals surface area contributed by atoms with Gasteiger partial charge in [0, 0.05) is 11.4 Å². The average Bonchev–Trinajstić information content (AvgIpc) is 2.51. The normalized spacial score (nSPS) is 12.4. The van der Waals surface area contributed by atoms with E-state index in [1.54, 1.807) is 11.3 Å². The number of rotatable bonds is 4. The standard InChI is InChI=1S/C10H12ClNS/c1-3-8(2)12-7-6-9-4-5-10(11)13-9/h1,4-5,8,12H,6-7H2,2H3. The van der Waals surface area contributed by atoms with Gasteiger partial charge >= 0.3 is 0 Å². The Hall–Kier alpha value is -0.490. The van der Waals surface area contributed by atoms with Crippen molar-refractivity contribution in [2.24, 2.45) is 0 Å². The van der Waals surface area contributed by atoms with Crippen molar-refractivity contribution >= 4 is 22.9 Å². The molecule has 0 aliphatic rings. The van der Waals surface area contributed by atoms with Crippen LogP contribution in [0.15, 0.2) is 12.1 Å². The molecule has 0 aromatic carbocycles. The van der Waals surface area contributed by atoms with Crippen LogP contribution in [0, 0.1) is 12.3 Å². The minimum atomic E-state index is 0.149. The second-order valence-electron chi connectivity index (χ2n) is 2.80. The highest BCUT2D eigenvalue weighted by atomic mass is 35.5. The van der Waals surface area contributed by atoms with Gasteiger partial charge in [-0.15, -0.1) is 17.8 Å². The third-order valence-electron chi connectivity index (χ3n) is 1.70. The molecule has 0 aliphatic heterocycles. The highest BCUT2D eigenvalue weighted by molar-refractivity contribution is 7.16. The highest BCUT2D eigenvalue weighted by Crippen LogP contribution is 2.21. The number of hydrogen-bond donors (Lipinski definition) is 1. The summed E-state index contributed by atoms with van der Waals surface area (Å²) in [6, 6.07) is 4.12. The number of halogens is 1. The fourth-order valence-electron chi connectivity index (χ4n) is 0.957. The van der Waals surface area contributed by atoms with E-state index in [9.17, 15) is 0 Å². The molecule has 1 aromatic rings. The summed E-state index contributed by atoms with van der Waals surface area (Å²) in [5.41, 5.74) is 0. The molecule has 1 atom stereocenters. The minimum Gasteiger partial charge on any atom is -0.304 e. The van der Waals surface area contributed by atoms with Gasteiger partial charge in [-0.2, -0.15) is 0 Å². The van der Waals surface area contributed by atoms with Crippen molar-refractivity contribution in [3.63, 3.8) is 0 Å². The van der Waals surface area contributed by atoms with Gasteiger partial charge in [-0.05, 0) is 25.5 Å². The molecule has 70 valence electrons. The first kappa shape index (κ1) is 10.6. The Balaban J connectivity index is 2.25. The molecule has 1 unspecified atom stereocenters. The van der Waals surface area contributed by atoms with Crippen LogP contribution < -0.4 is 5.32 Å². The highest BCUT2D eigenvalue weighted by Gasteiger charge is 1.98. The molecule has 0 radical (unpaired) electrons. The topological polar surface area (TPSA) is 12.0 Å². The van der Waals surface area contributed by atoms with Crippen molar-refractivity contribution in [1.82, 2.24) is 5.32 Å². The summed E-state index contributed by atoms with van der Waals surface area (Å²) in [4.78, 5) is 1.29. The van der Waals surface area contributed by atoms with Gasteiger partial charge in [-0.3, -0.25) is 0 Å². The van der Waals surface area contributed by atoms with E-state index >= 15 is 0 Å². The summed E-state index contributed by atoms with van der Waals surface area (Å²) in [5, 5.41) is 3.22. The van der Waals surface area contributed by atoms with Gasteiger partial charge in [0.05, 0.1) is 10.4 Å². The predicted octanol–water partition coefficient (Wildman–Crippen LogP) is 2.56. The van der Waals surface area contributed by atoms with Gasteiger partial charge < -0.3 is 5.32 Å². The van der Waals surface area contributed by atoms with Gasteiger partial charge in [-0.25, -0.2) is 0 Å². The van der Waals surface area contributed by atoms with Gasteiger partial charge in [0.2, 0.25) is 0 Å². The molecule has 1 heterocycles. The molecule has 1 rings (SSSR count). The lowest BCUT2D eigenvalue weighted by Crippen LogP contribution is -2.26. The van der Waals surface area contributed by atoms with E-state index in [0.717, 1.165) is 17.3 Å². The molecule has 0 aliphatic carbocycles. The Bertz CT molecular complexity index is 300. The summed E-state index contributed by atoms with van der Waals surface area (Å²) in [6.45, 7) is 2.88. The number of thiophene rings is 1. The SMILES string of the molecule is C#CC(C)NCCc1ccc(Cl)s1. The van der Waals surface area contributed by atoms with Crippen LogP contribution in [0.25, 0.3) is 0 Å². The number of terminal acetylenes is 1. The predicted molar refractivity (Wildman–Crippen MR) is 59.3 cm³/mol.